The molecular weight excluding hydrogens is 372 g/mol. The van der Waals surface area contributed by atoms with E-state index in [0.29, 0.717) is 27.0 Å². The fourth-order valence-corrected chi connectivity index (χ4v) is 3.84. The molecule has 0 fully saturated rings. The minimum absolute atomic E-state index is 0.0376. The van der Waals surface area contributed by atoms with E-state index in [9.17, 15) is 14.4 Å². The Morgan fingerprint density at radius 3 is 2.73 bits per heavy atom. The Labute approximate surface area is 157 Å². The van der Waals surface area contributed by atoms with Crippen LogP contribution in [0.25, 0.3) is 11.3 Å². The van der Waals surface area contributed by atoms with Crippen LogP contribution in [0.15, 0.2) is 29.8 Å². The number of nitrogens with one attached hydrogen (secondary N) is 2. The molecule has 0 atom stereocenters. The predicted molar refractivity (Wildman–Crippen MR) is 102 cm³/mol. The molecule has 9 heteroatoms. The molecule has 3 aromatic heterocycles. The van der Waals surface area contributed by atoms with E-state index in [-0.39, 0.29) is 24.5 Å². The Morgan fingerprint density at radius 2 is 2.08 bits per heavy atom. The van der Waals surface area contributed by atoms with Crippen molar-refractivity contribution in [2.45, 2.75) is 19.8 Å². The lowest BCUT2D eigenvalue weighted by Gasteiger charge is -2.00. The summed E-state index contributed by atoms with van der Waals surface area (Å²) in [7, 11) is 0. The Kier molecular flexibility index (Phi) is 5.29. The van der Waals surface area contributed by atoms with E-state index in [1.165, 1.54) is 22.7 Å². The van der Waals surface area contributed by atoms with Gasteiger partial charge in [-0.1, -0.05) is 0 Å². The van der Waals surface area contributed by atoms with Gasteiger partial charge in [0.1, 0.15) is 5.69 Å². The number of thiazole rings is 1. The third-order valence-corrected chi connectivity index (χ3v) is 5.39. The molecule has 0 aromatic carbocycles. The number of aromatic amines is 1. The van der Waals surface area contributed by atoms with E-state index < -0.39 is 5.91 Å². The van der Waals surface area contributed by atoms with Gasteiger partial charge in [-0.25, -0.2) is 4.98 Å². The average molecular weight is 388 g/mol. The highest BCUT2D eigenvalue weighted by Gasteiger charge is 2.14. The molecule has 0 saturated heterocycles. The van der Waals surface area contributed by atoms with Gasteiger partial charge in [0.15, 0.2) is 10.9 Å². The highest BCUT2D eigenvalue weighted by Crippen LogP contribution is 2.25. The normalized spacial score (nSPS) is 10.7. The number of aromatic nitrogens is 2. The van der Waals surface area contributed by atoms with Crippen molar-refractivity contribution >= 4 is 45.4 Å². The maximum absolute atomic E-state index is 12.0. The van der Waals surface area contributed by atoms with Crippen LogP contribution in [0, 0.1) is 6.92 Å². The van der Waals surface area contributed by atoms with Gasteiger partial charge in [0.05, 0.1) is 10.6 Å². The van der Waals surface area contributed by atoms with Gasteiger partial charge in [-0.2, -0.15) is 0 Å². The van der Waals surface area contributed by atoms with Crippen LogP contribution in [0.2, 0.25) is 0 Å². The first-order valence-electron chi connectivity index (χ1n) is 7.76. The number of Topliss-reactive ketones (excluding diaryl/α,β-unsaturated/α-hetero) is 1. The number of rotatable bonds is 7. The Hall–Kier alpha value is -2.78. The molecule has 0 bridgehead atoms. The molecule has 0 aliphatic heterocycles. The summed E-state index contributed by atoms with van der Waals surface area (Å²) in [6, 6.07) is 5.27. The second-order valence-corrected chi connectivity index (χ2v) is 7.73. The Balaban J connectivity index is 1.55. The lowest BCUT2D eigenvalue weighted by Crippen LogP contribution is -2.13. The highest BCUT2D eigenvalue weighted by atomic mass is 32.1. The van der Waals surface area contributed by atoms with Crippen molar-refractivity contribution < 1.29 is 14.4 Å². The van der Waals surface area contributed by atoms with Crippen LogP contribution in [-0.4, -0.2) is 27.6 Å². The minimum Gasteiger partial charge on any atom is -0.364 e. The van der Waals surface area contributed by atoms with E-state index in [2.05, 4.69) is 15.3 Å². The predicted octanol–water partition coefficient (Wildman–Crippen LogP) is 3.21. The molecule has 0 unspecified atom stereocenters. The van der Waals surface area contributed by atoms with Crippen LogP contribution in [0.4, 0.5) is 5.13 Å². The summed E-state index contributed by atoms with van der Waals surface area (Å²) in [6.45, 7) is 1.94. The van der Waals surface area contributed by atoms with Gasteiger partial charge in [0.2, 0.25) is 5.91 Å². The number of anilines is 1. The topological polar surface area (TPSA) is 118 Å². The van der Waals surface area contributed by atoms with Gasteiger partial charge in [-0.05, 0) is 25.1 Å². The van der Waals surface area contributed by atoms with Crippen molar-refractivity contribution in [3.63, 3.8) is 0 Å². The number of H-pyrrole nitrogens is 1. The average Bonchev–Trinajstić information content (AvgIpc) is 3.32. The maximum atomic E-state index is 12.0. The number of aryl methyl sites for hydroxylation is 1. The number of nitrogens with two attached hydrogens (primary N) is 1. The number of thiophene rings is 1. The van der Waals surface area contributed by atoms with E-state index in [1.807, 2.05) is 13.0 Å². The second kappa shape index (κ2) is 7.63. The molecule has 0 aliphatic carbocycles. The third-order valence-electron chi connectivity index (χ3n) is 3.59. The number of primary amides is 1. The fraction of sp³-hybridized carbons (Fsp3) is 0.176. The number of nitrogens with zero attached hydrogens (tertiary/aromatic N) is 1. The SMILES string of the molecule is Cc1ccc(C(=O)CCC(=O)Nc2nc(-c3c[nH]c(C(N)=O)c3)cs2)s1. The monoisotopic (exact) mass is 388 g/mol. The largest absolute Gasteiger partial charge is 0.364 e. The molecule has 0 saturated carbocycles. The summed E-state index contributed by atoms with van der Waals surface area (Å²) in [5, 5.41) is 4.89. The number of ketones is 1. The first kappa shape index (κ1) is 18.0. The molecule has 3 heterocycles. The molecule has 3 rings (SSSR count). The van der Waals surface area contributed by atoms with Gasteiger partial charge >= 0.3 is 0 Å². The van der Waals surface area contributed by atoms with Crippen LogP contribution < -0.4 is 11.1 Å². The zero-order chi connectivity index (χ0) is 18.7. The smallest absolute Gasteiger partial charge is 0.265 e. The van der Waals surface area contributed by atoms with Crippen molar-refractivity contribution in [1.29, 1.82) is 0 Å². The fourth-order valence-electron chi connectivity index (χ4n) is 2.26. The molecule has 0 spiro atoms. The summed E-state index contributed by atoms with van der Waals surface area (Å²) in [5.41, 5.74) is 6.83. The maximum Gasteiger partial charge on any atom is 0.265 e. The van der Waals surface area contributed by atoms with E-state index in [1.54, 1.807) is 23.7 Å². The molecule has 2 amide bonds. The summed E-state index contributed by atoms with van der Waals surface area (Å²) in [6.07, 6.45) is 1.88. The Morgan fingerprint density at radius 1 is 1.27 bits per heavy atom. The molecule has 4 N–H and O–H groups in total. The van der Waals surface area contributed by atoms with Crippen LogP contribution >= 0.6 is 22.7 Å². The van der Waals surface area contributed by atoms with Gasteiger partial charge in [0.25, 0.3) is 5.91 Å². The lowest BCUT2D eigenvalue weighted by molar-refractivity contribution is -0.116. The second-order valence-electron chi connectivity index (χ2n) is 5.59. The number of hydrogen-bond acceptors (Lipinski definition) is 6. The Bertz CT molecular complexity index is 970. The number of amides is 2. The van der Waals surface area contributed by atoms with Crippen molar-refractivity contribution in [2.24, 2.45) is 5.73 Å². The molecule has 0 aliphatic rings. The van der Waals surface area contributed by atoms with Gasteiger partial charge in [-0.3, -0.25) is 14.4 Å². The van der Waals surface area contributed by atoms with Gasteiger partial charge < -0.3 is 16.0 Å². The third kappa shape index (κ3) is 4.24. The van der Waals surface area contributed by atoms with E-state index in [0.717, 1.165) is 4.88 Å². The van der Waals surface area contributed by atoms with Gasteiger partial charge in [0, 0.05) is 34.9 Å². The number of carbonyl (C=O) groups is 3. The first-order valence-corrected chi connectivity index (χ1v) is 9.45. The highest BCUT2D eigenvalue weighted by molar-refractivity contribution is 7.14. The summed E-state index contributed by atoms with van der Waals surface area (Å²) < 4.78 is 0. The van der Waals surface area contributed by atoms with E-state index >= 15 is 0 Å². The van der Waals surface area contributed by atoms with Crippen molar-refractivity contribution in [3.05, 3.63) is 45.2 Å². The van der Waals surface area contributed by atoms with Crippen LogP contribution in [0.1, 0.15) is 37.9 Å². The standard InChI is InChI=1S/C17H16N4O3S2/c1-9-2-4-14(26-9)13(22)3-5-15(23)21-17-20-12(8-25-17)10-6-11(16(18)24)19-7-10/h2,4,6-8,19H,3,5H2,1H3,(H2,18,24)(H,20,21,23). The van der Waals surface area contributed by atoms with Crippen molar-refractivity contribution in [3.8, 4) is 11.3 Å². The van der Waals surface area contributed by atoms with Crippen LogP contribution in [0.3, 0.4) is 0 Å². The van der Waals surface area contributed by atoms with Crippen LogP contribution in [-0.2, 0) is 4.79 Å². The lowest BCUT2D eigenvalue weighted by atomic mass is 10.2. The van der Waals surface area contributed by atoms with Crippen molar-refractivity contribution in [1.82, 2.24) is 9.97 Å². The molecule has 134 valence electrons. The molecular formula is C17H16N4O3S2. The summed E-state index contributed by atoms with van der Waals surface area (Å²) >= 11 is 2.70. The summed E-state index contributed by atoms with van der Waals surface area (Å²) in [5.74, 6) is -0.852. The van der Waals surface area contributed by atoms with Crippen LogP contribution in [0.5, 0.6) is 0 Å². The van der Waals surface area contributed by atoms with E-state index in [4.69, 9.17) is 5.73 Å². The molecule has 3 aromatic rings. The van der Waals surface area contributed by atoms with Crippen molar-refractivity contribution in [2.75, 3.05) is 5.32 Å². The molecule has 7 nitrogen and oxygen atoms in total. The number of hydrogen-bond donors (Lipinski definition) is 3. The number of carbonyl (C=O) groups excluding carboxylic acids is 3. The quantitative estimate of drug-likeness (QED) is 0.539. The molecule has 26 heavy (non-hydrogen) atoms. The van der Waals surface area contributed by atoms with Gasteiger partial charge in [-0.15, -0.1) is 22.7 Å². The zero-order valence-corrected chi connectivity index (χ0v) is 15.5. The molecule has 0 radical (unpaired) electrons. The first-order chi connectivity index (χ1) is 12.4. The minimum atomic E-state index is -0.550. The zero-order valence-electron chi connectivity index (χ0n) is 13.9. The summed E-state index contributed by atoms with van der Waals surface area (Å²) in [4.78, 5) is 44.0.